The lowest BCUT2D eigenvalue weighted by Crippen LogP contribution is -2.17. The normalized spacial score (nSPS) is 17.6. The highest BCUT2D eigenvalue weighted by Crippen LogP contribution is 2.50. The lowest BCUT2D eigenvalue weighted by atomic mass is 10.0. The van der Waals surface area contributed by atoms with Crippen molar-refractivity contribution in [3.63, 3.8) is 0 Å². The van der Waals surface area contributed by atoms with Gasteiger partial charge in [-0.25, -0.2) is 0 Å². The van der Waals surface area contributed by atoms with E-state index >= 15 is 0 Å². The van der Waals surface area contributed by atoms with Gasteiger partial charge in [-0.05, 0) is 43.9 Å². The average Bonchev–Trinajstić information content (AvgIpc) is 3.09. The molecule has 2 N–H and O–H groups in total. The number of hydrogen-bond acceptors (Lipinski definition) is 2. The first kappa shape index (κ1) is 14.4. The van der Waals surface area contributed by atoms with E-state index in [0.29, 0.717) is 6.42 Å². The van der Waals surface area contributed by atoms with E-state index in [-0.39, 0.29) is 11.5 Å². The summed E-state index contributed by atoms with van der Waals surface area (Å²) in [6.07, 6.45) is 5.97. The molecule has 110 valence electrons. The van der Waals surface area contributed by atoms with Gasteiger partial charge in [0.2, 0.25) is 0 Å². The van der Waals surface area contributed by atoms with Crippen molar-refractivity contribution in [1.29, 1.82) is 5.26 Å². The van der Waals surface area contributed by atoms with E-state index in [4.69, 9.17) is 22.6 Å². The van der Waals surface area contributed by atoms with Crippen molar-refractivity contribution >= 4 is 22.5 Å². The summed E-state index contributed by atoms with van der Waals surface area (Å²) in [5.41, 5.74) is 8.56. The van der Waals surface area contributed by atoms with Crippen LogP contribution in [0.4, 0.5) is 0 Å². The Morgan fingerprint density at radius 3 is 2.86 bits per heavy atom. The van der Waals surface area contributed by atoms with Crippen molar-refractivity contribution in [2.75, 3.05) is 0 Å². The fraction of sp³-hybridized carbons (Fsp3) is 0.471. The third kappa shape index (κ3) is 2.92. The van der Waals surface area contributed by atoms with Crippen LogP contribution in [-0.2, 0) is 13.0 Å². The largest absolute Gasteiger partial charge is 0.347 e. The topological polar surface area (TPSA) is 54.7 Å². The first-order valence-corrected chi connectivity index (χ1v) is 7.81. The molecule has 1 fully saturated rings. The van der Waals surface area contributed by atoms with Gasteiger partial charge in [0.1, 0.15) is 0 Å². The zero-order valence-electron chi connectivity index (χ0n) is 12.3. The molecule has 21 heavy (non-hydrogen) atoms. The lowest BCUT2D eigenvalue weighted by Gasteiger charge is -2.13. The molecule has 0 radical (unpaired) electrons. The summed E-state index contributed by atoms with van der Waals surface area (Å²) in [7, 11) is 0. The van der Waals surface area contributed by atoms with Gasteiger partial charge in [-0.15, -0.1) is 0 Å². The molecule has 1 heterocycles. The molecule has 1 aliphatic rings. The molecule has 1 unspecified atom stereocenters. The van der Waals surface area contributed by atoms with Gasteiger partial charge in [0, 0.05) is 46.5 Å². The van der Waals surface area contributed by atoms with Crippen molar-refractivity contribution < 1.29 is 0 Å². The predicted octanol–water partition coefficient (Wildman–Crippen LogP) is 3.88. The first-order chi connectivity index (χ1) is 10.0. The number of halogens is 1. The number of rotatable bonds is 5. The molecule has 0 aliphatic heterocycles. The van der Waals surface area contributed by atoms with Crippen LogP contribution in [0, 0.1) is 16.7 Å². The second kappa shape index (κ2) is 5.36. The first-order valence-electron chi connectivity index (χ1n) is 7.43. The second-order valence-electron chi connectivity index (χ2n) is 6.46. The Hall–Kier alpha value is -1.50. The number of nitrogens with two attached hydrogens (primary N) is 1. The maximum atomic E-state index is 9.00. The SMILES string of the molecule is CC(N)Cc1cn(CC2(CC#N)CC2)c2cc(Cl)ccc12. The highest BCUT2D eigenvalue weighted by atomic mass is 35.5. The molecule has 0 spiro atoms. The van der Waals surface area contributed by atoms with Gasteiger partial charge in [-0.2, -0.15) is 5.26 Å². The van der Waals surface area contributed by atoms with Crippen LogP contribution in [0.15, 0.2) is 24.4 Å². The monoisotopic (exact) mass is 301 g/mol. The predicted molar refractivity (Wildman–Crippen MR) is 86.2 cm³/mol. The van der Waals surface area contributed by atoms with Crippen LogP contribution in [-0.4, -0.2) is 10.6 Å². The molecular weight excluding hydrogens is 282 g/mol. The highest BCUT2D eigenvalue weighted by Gasteiger charge is 2.42. The second-order valence-corrected chi connectivity index (χ2v) is 6.90. The van der Waals surface area contributed by atoms with Crippen LogP contribution in [0.1, 0.15) is 31.7 Å². The van der Waals surface area contributed by atoms with Crippen molar-refractivity contribution in [3.05, 3.63) is 35.0 Å². The smallest absolute Gasteiger partial charge is 0.0628 e. The molecule has 1 atom stereocenters. The fourth-order valence-electron chi connectivity index (χ4n) is 3.08. The van der Waals surface area contributed by atoms with Crippen LogP contribution in [0.3, 0.4) is 0 Å². The molecule has 1 aliphatic carbocycles. The molecule has 1 aromatic heterocycles. The molecule has 1 aromatic carbocycles. The summed E-state index contributed by atoms with van der Waals surface area (Å²) in [6, 6.07) is 8.49. The molecule has 0 bridgehead atoms. The minimum Gasteiger partial charge on any atom is -0.347 e. The summed E-state index contributed by atoms with van der Waals surface area (Å²) in [5, 5.41) is 11.0. The van der Waals surface area contributed by atoms with Crippen molar-refractivity contribution in [1.82, 2.24) is 4.57 Å². The Balaban J connectivity index is 2.01. The van der Waals surface area contributed by atoms with Gasteiger partial charge in [-0.1, -0.05) is 17.7 Å². The van der Waals surface area contributed by atoms with Crippen LogP contribution < -0.4 is 5.73 Å². The van der Waals surface area contributed by atoms with Crippen LogP contribution >= 0.6 is 11.6 Å². The number of nitrogens with zero attached hydrogens (tertiary/aromatic N) is 2. The van der Waals surface area contributed by atoms with Crippen LogP contribution in [0.25, 0.3) is 10.9 Å². The molecule has 0 saturated heterocycles. The molecule has 1 saturated carbocycles. The van der Waals surface area contributed by atoms with E-state index in [1.54, 1.807) is 0 Å². The summed E-state index contributed by atoms with van der Waals surface area (Å²) >= 11 is 6.16. The van der Waals surface area contributed by atoms with E-state index in [2.05, 4.69) is 22.9 Å². The quantitative estimate of drug-likeness (QED) is 0.911. The maximum Gasteiger partial charge on any atom is 0.0628 e. The van der Waals surface area contributed by atoms with E-state index in [1.165, 1.54) is 10.9 Å². The maximum absolute atomic E-state index is 9.00. The Kier molecular flexibility index (Phi) is 3.69. The van der Waals surface area contributed by atoms with E-state index in [0.717, 1.165) is 36.3 Å². The zero-order valence-corrected chi connectivity index (χ0v) is 13.0. The van der Waals surface area contributed by atoms with Crippen molar-refractivity contribution in [2.45, 2.75) is 45.2 Å². The van der Waals surface area contributed by atoms with E-state index in [9.17, 15) is 0 Å². The van der Waals surface area contributed by atoms with Crippen LogP contribution in [0.5, 0.6) is 0 Å². The number of nitriles is 1. The van der Waals surface area contributed by atoms with Gasteiger partial charge >= 0.3 is 0 Å². The molecule has 0 amide bonds. The molecule has 2 aromatic rings. The van der Waals surface area contributed by atoms with Gasteiger partial charge in [0.25, 0.3) is 0 Å². The Bertz CT molecular complexity index is 705. The fourth-order valence-corrected chi connectivity index (χ4v) is 3.24. The number of hydrogen-bond donors (Lipinski definition) is 1. The average molecular weight is 302 g/mol. The Labute approximate surface area is 130 Å². The van der Waals surface area contributed by atoms with Crippen molar-refractivity contribution in [2.24, 2.45) is 11.1 Å². The third-order valence-electron chi connectivity index (χ3n) is 4.39. The number of benzene rings is 1. The third-order valence-corrected chi connectivity index (χ3v) is 4.62. The summed E-state index contributed by atoms with van der Waals surface area (Å²) in [6.45, 7) is 2.92. The summed E-state index contributed by atoms with van der Waals surface area (Å²) in [4.78, 5) is 0. The van der Waals surface area contributed by atoms with Gasteiger partial charge in [0.05, 0.1) is 6.07 Å². The standard InChI is InChI=1S/C17H20ClN3/c1-12(20)8-13-10-21(11-17(4-5-17)6-7-19)16-9-14(18)2-3-15(13)16/h2-3,9-10,12H,4-6,8,11,20H2,1H3. The molecule has 3 nitrogen and oxygen atoms in total. The van der Waals surface area contributed by atoms with Crippen LogP contribution in [0.2, 0.25) is 5.02 Å². The van der Waals surface area contributed by atoms with Gasteiger partial charge < -0.3 is 10.3 Å². The zero-order chi connectivity index (χ0) is 15.0. The summed E-state index contributed by atoms with van der Waals surface area (Å²) < 4.78 is 2.27. The molecule has 4 heteroatoms. The minimum atomic E-state index is 0.133. The highest BCUT2D eigenvalue weighted by molar-refractivity contribution is 6.31. The lowest BCUT2D eigenvalue weighted by molar-refractivity contribution is 0.439. The van der Waals surface area contributed by atoms with E-state index in [1.807, 2.05) is 19.1 Å². The molecular formula is C17H20ClN3. The van der Waals surface area contributed by atoms with Crippen molar-refractivity contribution in [3.8, 4) is 6.07 Å². The number of aromatic nitrogens is 1. The van der Waals surface area contributed by atoms with Gasteiger partial charge in [0.15, 0.2) is 0 Å². The Morgan fingerprint density at radius 2 is 2.24 bits per heavy atom. The number of fused-ring (bicyclic) bond motifs is 1. The molecule has 3 rings (SSSR count). The minimum absolute atomic E-state index is 0.133. The van der Waals surface area contributed by atoms with E-state index < -0.39 is 0 Å². The Morgan fingerprint density at radius 1 is 1.48 bits per heavy atom. The summed E-state index contributed by atoms with van der Waals surface area (Å²) in [5.74, 6) is 0. The van der Waals surface area contributed by atoms with Gasteiger partial charge in [-0.3, -0.25) is 0 Å².